The van der Waals surface area contributed by atoms with Gasteiger partial charge in [-0.05, 0) is 49.2 Å². The summed E-state index contributed by atoms with van der Waals surface area (Å²) in [6, 6.07) is 21.4. The van der Waals surface area contributed by atoms with E-state index in [0.717, 1.165) is 21.2 Å². The minimum atomic E-state index is -0.361. The number of carbonyl (C=O) groups excluding carboxylic acids is 1. The van der Waals surface area contributed by atoms with Crippen molar-refractivity contribution >= 4 is 27.8 Å². The summed E-state index contributed by atoms with van der Waals surface area (Å²) in [6.45, 7) is 7.76. The maximum atomic E-state index is 14.6. The molecule has 2 heterocycles. The number of β-amino-alcohol motifs (C(OH)–C–C–N with tert-alkyl or cyclic N) is 1. The molecule has 216 valence electrons. The molecule has 5 rings (SSSR count). The first-order valence-corrected chi connectivity index (χ1v) is 14.8. The van der Waals surface area contributed by atoms with Crippen LogP contribution in [0.4, 0.5) is 4.79 Å². The number of carbonyl (C=O) groups is 1. The zero-order chi connectivity index (χ0) is 28.9. The molecule has 1 N–H and O–H groups in total. The molecule has 1 fully saturated rings. The maximum absolute atomic E-state index is 14.6. The van der Waals surface area contributed by atoms with Crippen LogP contribution in [-0.4, -0.2) is 84.7 Å². The first kappa shape index (κ1) is 29.1. The predicted octanol–water partition coefficient (Wildman–Crippen LogP) is 5.44. The van der Waals surface area contributed by atoms with Crippen molar-refractivity contribution in [1.29, 1.82) is 0 Å². The van der Waals surface area contributed by atoms with Crippen LogP contribution in [0.15, 0.2) is 76.2 Å². The Morgan fingerprint density at radius 2 is 1.68 bits per heavy atom. The number of piperazine rings is 1. The van der Waals surface area contributed by atoms with Crippen LogP contribution in [0.25, 0.3) is 0 Å². The summed E-state index contributed by atoms with van der Waals surface area (Å²) in [4.78, 5) is 25.8. The number of hydrogen-bond acceptors (Lipinski definition) is 6. The molecule has 2 aliphatic heterocycles. The zero-order valence-corrected chi connectivity index (χ0v) is 25.4. The molecule has 9 heteroatoms. The summed E-state index contributed by atoms with van der Waals surface area (Å²) >= 11 is 3.57. The number of amidine groups is 1. The molecular weight excluding hydrogens is 584 g/mol. The van der Waals surface area contributed by atoms with Gasteiger partial charge < -0.3 is 19.5 Å². The number of aryl methyl sites for hydroxylation is 1. The van der Waals surface area contributed by atoms with Gasteiger partial charge in [-0.25, -0.2) is 4.79 Å². The molecule has 3 aromatic rings. The highest BCUT2D eigenvalue weighted by atomic mass is 79.9. The fourth-order valence-corrected chi connectivity index (χ4v) is 5.77. The molecule has 8 nitrogen and oxygen atoms in total. The highest BCUT2D eigenvalue weighted by Crippen LogP contribution is 2.45. The Morgan fingerprint density at radius 3 is 2.32 bits per heavy atom. The van der Waals surface area contributed by atoms with Crippen molar-refractivity contribution in [3.8, 4) is 11.5 Å². The first-order valence-electron chi connectivity index (χ1n) is 14.1. The molecule has 2 amide bonds. The largest absolute Gasteiger partial charge is 0.497 e. The van der Waals surface area contributed by atoms with Gasteiger partial charge >= 0.3 is 6.03 Å². The average Bonchev–Trinajstić information content (AvgIpc) is 3.38. The zero-order valence-electron chi connectivity index (χ0n) is 23.8. The van der Waals surface area contributed by atoms with Gasteiger partial charge in [-0.3, -0.25) is 14.8 Å². The smallest absolute Gasteiger partial charge is 0.326 e. The molecule has 0 radical (unpaired) electrons. The number of nitrogens with zero attached hydrogens (tertiary/aromatic N) is 4. The van der Waals surface area contributed by atoms with Crippen LogP contribution in [0.2, 0.25) is 0 Å². The molecule has 2 atom stereocenters. The van der Waals surface area contributed by atoms with Crippen LogP contribution < -0.4 is 9.47 Å². The highest BCUT2D eigenvalue weighted by Gasteiger charge is 2.45. The van der Waals surface area contributed by atoms with Gasteiger partial charge in [-0.2, -0.15) is 0 Å². The summed E-state index contributed by atoms with van der Waals surface area (Å²) in [5.41, 5.74) is 3.95. The minimum absolute atomic E-state index is 0.0896. The van der Waals surface area contributed by atoms with Gasteiger partial charge in [0.1, 0.15) is 23.4 Å². The van der Waals surface area contributed by atoms with E-state index in [0.29, 0.717) is 56.7 Å². The molecule has 2 unspecified atom stereocenters. The Morgan fingerprint density at radius 1 is 1.00 bits per heavy atom. The number of benzene rings is 3. The van der Waals surface area contributed by atoms with Gasteiger partial charge in [0.2, 0.25) is 0 Å². The number of urea groups is 1. The van der Waals surface area contributed by atoms with E-state index in [1.807, 2.05) is 47.1 Å². The number of ether oxygens (including phenoxy) is 2. The van der Waals surface area contributed by atoms with Crippen molar-refractivity contribution in [2.75, 3.05) is 53.0 Å². The number of aliphatic hydroxyl groups excluding tert-OH is 1. The number of halogens is 1. The second-order valence-electron chi connectivity index (χ2n) is 10.3. The van der Waals surface area contributed by atoms with Crippen molar-refractivity contribution < 1.29 is 19.4 Å². The van der Waals surface area contributed by atoms with Crippen molar-refractivity contribution in [3.63, 3.8) is 0 Å². The summed E-state index contributed by atoms with van der Waals surface area (Å²) in [7, 11) is 1.63. The van der Waals surface area contributed by atoms with Gasteiger partial charge in [0.15, 0.2) is 0 Å². The quantitative estimate of drug-likeness (QED) is 0.363. The lowest BCUT2D eigenvalue weighted by Gasteiger charge is -2.39. The summed E-state index contributed by atoms with van der Waals surface area (Å²) in [5, 5.41) is 9.40. The van der Waals surface area contributed by atoms with E-state index in [4.69, 9.17) is 14.5 Å². The fourth-order valence-electron chi connectivity index (χ4n) is 5.50. The van der Waals surface area contributed by atoms with Crippen LogP contribution >= 0.6 is 15.9 Å². The third-order valence-electron chi connectivity index (χ3n) is 7.69. The van der Waals surface area contributed by atoms with E-state index < -0.39 is 0 Å². The van der Waals surface area contributed by atoms with Crippen LogP contribution in [0.1, 0.15) is 41.3 Å². The van der Waals surface area contributed by atoms with Gasteiger partial charge in [-0.15, -0.1) is 0 Å². The third-order valence-corrected chi connectivity index (χ3v) is 8.22. The number of amides is 2. The van der Waals surface area contributed by atoms with Gasteiger partial charge in [-0.1, -0.05) is 57.9 Å². The first-order chi connectivity index (χ1) is 19.9. The summed E-state index contributed by atoms with van der Waals surface area (Å²) < 4.78 is 12.5. The van der Waals surface area contributed by atoms with E-state index in [9.17, 15) is 9.90 Å². The molecule has 2 aliphatic rings. The van der Waals surface area contributed by atoms with Crippen LogP contribution in [-0.2, 0) is 0 Å². The summed E-state index contributed by atoms with van der Waals surface area (Å²) in [5.74, 6) is 1.88. The van der Waals surface area contributed by atoms with Gasteiger partial charge in [0.25, 0.3) is 0 Å². The van der Waals surface area contributed by atoms with Crippen molar-refractivity contribution in [3.05, 3.63) is 93.5 Å². The van der Waals surface area contributed by atoms with E-state index >= 15 is 0 Å². The van der Waals surface area contributed by atoms with Crippen molar-refractivity contribution in [2.24, 2.45) is 4.99 Å². The molecular formula is C32H37BrN4O4. The SMILES string of the molecule is CCOc1cc(OC)ccc1C1=NC(c2ccc(C)cc2)C(c2ccc(Br)cc2)N1C(=O)N1CCN(CCO)CC1. The number of aliphatic hydroxyl groups is 1. The molecule has 0 bridgehead atoms. The second-order valence-corrected chi connectivity index (χ2v) is 11.2. The Balaban J connectivity index is 1.64. The molecule has 41 heavy (non-hydrogen) atoms. The average molecular weight is 622 g/mol. The molecule has 0 aromatic heterocycles. The molecule has 3 aromatic carbocycles. The summed E-state index contributed by atoms with van der Waals surface area (Å²) in [6.07, 6.45) is 0. The van der Waals surface area contributed by atoms with Crippen molar-refractivity contribution in [1.82, 2.24) is 14.7 Å². The van der Waals surface area contributed by atoms with Crippen molar-refractivity contribution in [2.45, 2.75) is 25.9 Å². The van der Waals surface area contributed by atoms with E-state index in [1.54, 1.807) is 7.11 Å². The highest BCUT2D eigenvalue weighted by molar-refractivity contribution is 9.10. The normalized spacial score (nSPS) is 19.3. The standard InChI is InChI=1S/C32H37BrN4O4/c1-4-41-28-21-26(40-3)13-14-27(28)31-34-29(23-7-5-22(2)6-8-23)30(24-9-11-25(33)12-10-24)37(31)32(39)36-17-15-35(16-18-36)19-20-38/h5-14,21,29-30,38H,4,15-20H2,1-3H3. The minimum Gasteiger partial charge on any atom is -0.497 e. The Labute approximate surface area is 250 Å². The Kier molecular flexibility index (Phi) is 9.27. The predicted molar refractivity (Wildman–Crippen MR) is 164 cm³/mol. The number of methoxy groups -OCH3 is 1. The lowest BCUT2D eigenvalue weighted by Crippen LogP contribution is -2.54. The van der Waals surface area contributed by atoms with E-state index in [2.05, 4.69) is 64.2 Å². The van der Waals surface area contributed by atoms with E-state index in [-0.39, 0.29) is 24.7 Å². The monoisotopic (exact) mass is 620 g/mol. The van der Waals surface area contributed by atoms with Crippen LogP contribution in [0.5, 0.6) is 11.5 Å². The van der Waals surface area contributed by atoms with E-state index in [1.165, 1.54) is 5.56 Å². The molecule has 0 saturated carbocycles. The molecule has 0 aliphatic carbocycles. The Hall–Kier alpha value is -3.40. The number of hydrogen-bond donors (Lipinski definition) is 1. The third kappa shape index (κ3) is 6.27. The van der Waals surface area contributed by atoms with Crippen LogP contribution in [0.3, 0.4) is 0 Å². The lowest BCUT2D eigenvalue weighted by molar-refractivity contribution is 0.108. The van der Waals surface area contributed by atoms with Gasteiger partial charge in [0.05, 0.1) is 31.9 Å². The molecule has 0 spiro atoms. The topological polar surface area (TPSA) is 77.8 Å². The number of aliphatic imine (C=N–C) groups is 1. The second kappa shape index (κ2) is 13.1. The van der Waals surface area contributed by atoms with Gasteiger partial charge in [0, 0.05) is 43.3 Å². The number of rotatable bonds is 8. The maximum Gasteiger partial charge on any atom is 0.326 e. The molecule has 1 saturated heterocycles. The Bertz CT molecular complexity index is 1370. The van der Waals surface area contributed by atoms with Crippen LogP contribution in [0, 0.1) is 6.92 Å². The fraction of sp³-hybridized carbons (Fsp3) is 0.375. The lowest BCUT2D eigenvalue weighted by atomic mass is 9.93.